The molecule has 158 valence electrons. The molecule has 0 saturated heterocycles. The number of pyridine rings is 1. The molecule has 0 radical (unpaired) electrons. The van der Waals surface area contributed by atoms with Gasteiger partial charge in [0.15, 0.2) is 0 Å². The number of nitrogens with one attached hydrogen (secondary N) is 1. The summed E-state index contributed by atoms with van der Waals surface area (Å²) in [5.41, 5.74) is 5.79. The summed E-state index contributed by atoms with van der Waals surface area (Å²) >= 11 is 0. The smallest absolute Gasteiger partial charge is 0.339 e. The monoisotopic (exact) mass is 405 g/mol. The molecule has 5 nitrogen and oxygen atoms in total. The topological polar surface area (TPSA) is 67.2 Å². The van der Waals surface area contributed by atoms with E-state index < -0.39 is 5.97 Å². The standard InChI is InChI=1S/C25H31N3O2/c1-7-20-18(15-25(4,5)6)14-22(28(20)21-11-9-8-10-16(21)2)27-23-19(24(29)30)13-12-17(3)26-23/h8-14H,7,15H2,1-6H3,(H,26,27)(H,29,30). The second-order valence-electron chi connectivity index (χ2n) is 8.99. The van der Waals surface area contributed by atoms with Gasteiger partial charge in [-0.25, -0.2) is 9.78 Å². The van der Waals surface area contributed by atoms with Gasteiger partial charge in [0.2, 0.25) is 0 Å². The van der Waals surface area contributed by atoms with Crippen molar-refractivity contribution >= 4 is 17.6 Å². The molecule has 0 fully saturated rings. The Morgan fingerprint density at radius 3 is 2.43 bits per heavy atom. The third kappa shape index (κ3) is 4.56. The van der Waals surface area contributed by atoms with Crippen LogP contribution in [0.3, 0.4) is 0 Å². The van der Waals surface area contributed by atoms with E-state index in [-0.39, 0.29) is 11.0 Å². The van der Waals surface area contributed by atoms with Crippen molar-refractivity contribution in [2.24, 2.45) is 5.41 Å². The fourth-order valence-electron chi connectivity index (χ4n) is 3.84. The number of aromatic carboxylic acids is 1. The predicted octanol–water partition coefficient (Wildman–Crippen LogP) is 6.08. The van der Waals surface area contributed by atoms with E-state index in [0.29, 0.717) is 5.82 Å². The number of carbonyl (C=O) groups is 1. The van der Waals surface area contributed by atoms with Crippen LogP contribution in [0.25, 0.3) is 5.69 Å². The van der Waals surface area contributed by atoms with Gasteiger partial charge in [0.25, 0.3) is 0 Å². The minimum atomic E-state index is -0.996. The van der Waals surface area contributed by atoms with Crippen molar-refractivity contribution in [2.45, 2.75) is 54.4 Å². The Balaban J connectivity index is 2.23. The summed E-state index contributed by atoms with van der Waals surface area (Å²) in [6.45, 7) is 12.8. The first kappa shape index (κ1) is 21.6. The number of benzene rings is 1. The van der Waals surface area contributed by atoms with Crippen LogP contribution in [0.15, 0.2) is 42.5 Å². The maximum absolute atomic E-state index is 11.8. The summed E-state index contributed by atoms with van der Waals surface area (Å²) in [6.07, 6.45) is 1.80. The van der Waals surface area contributed by atoms with Gasteiger partial charge in [0.1, 0.15) is 17.2 Å². The second kappa shape index (κ2) is 8.34. The molecule has 0 spiro atoms. The second-order valence-corrected chi connectivity index (χ2v) is 8.99. The Hall–Kier alpha value is -3.08. The van der Waals surface area contributed by atoms with Crippen LogP contribution in [0.4, 0.5) is 11.6 Å². The van der Waals surface area contributed by atoms with Crippen molar-refractivity contribution in [3.8, 4) is 5.69 Å². The Labute approximate surface area is 178 Å². The summed E-state index contributed by atoms with van der Waals surface area (Å²) in [4.78, 5) is 16.2. The van der Waals surface area contributed by atoms with Gasteiger partial charge < -0.3 is 10.4 Å². The van der Waals surface area contributed by atoms with Crippen molar-refractivity contribution in [3.05, 3.63) is 70.5 Å². The van der Waals surface area contributed by atoms with Gasteiger partial charge in [-0.2, -0.15) is 0 Å². The summed E-state index contributed by atoms with van der Waals surface area (Å²) in [7, 11) is 0. The van der Waals surface area contributed by atoms with Gasteiger partial charge in [-0.1, -0.05) is 45.9 Å². The SMILES string of the molecule is CCc1c(CC(C)(C)C)cc(Nc2nc(C)ccc2C(=O)O)n1-c1ccccc1C. The maximum atomic E-state index is 11.8. The lowest BCUT2D eigenvalue weighted by Crippen LogP contribution is -2.12. The minimum Gasteiger partial charge on any atom is -0.478 e. The fraction of sp³-hybridized carbons (Fsp3) is 0.360. The molecule has 2 aromatic heterocycles. The van der Waals surface area contributed by atoms with E-state index in [1.165, 1.54) is 11.3 Å². The molecular weight excluding hydrogens is 374 g/mol. The molecule has 3 aromatic rings. The van der Waals surface area contributed by atoms with Crippen LogP contribution in [-0.4, -0.2) is 20.6 Å². The number of rotatable bonds is 6. The normalized spacial score (nSPS) is 11.5. The summed E-state index contributed by atoms with van der Waals surface area (Å²) < 4.78 is 2.21. The Bertz CT molecular complexity index is 1070. The number of aromatic nitrogens is 2. The molecule has 0 bridgehead atoms. The van der Waals surface area contributed by atoms with Gasteiger partial charge in [-0.3, -0.25) is 4.57 Å². The molecule has 1 aromatic carbocycles. The molecule has 0 amide bonds. The average molecular weight is 406 g/mol. The number of anilines is 2. The highest BCUT2D eigenvalue weighted by Crippen LogP contribution is 2.34. The fourth-order valence-corrected chi connectivity index (χ4v) is 3.84. The van der Waals surface area contributed by atoms with E-state index in [1.807, 2.05) is 19.1 Å². The van der Waals surface area contributed by atoms with Gasteiger partial charge >= 0.3 is 5.97 Å². The largest absolute Gasteiger partial charge is 0.478 e. The molecule has 2 heterocycles. The van der Waals surface area contributed by atoms with E-state index >= 15 is 0 Å². The Morgan fingerprint density at radius 2 is 1.83 bits per heavy atom. The summed E-state index contributed by atoms with van der Waals surface area (Å²) in [6, 6.07) is 13.7. The molecular formula is C25H31N3O2. The number of para-hydroxylation sites is 1. The summed E-state index contributed by atoms with van der Waals surface area (Å²) in [5.74, 6) is 0.199. The Morgan fingerprint density at radius 1 is 1.13 bits per heavy atom. The van der Waals surface area contributed by atoms with E-state index in [4.69, 9.17) is 0 Å². The number of nitrogens with zero attached hydrogens (tertiary/aromatic N) is 2. The molecule has 0 atom stereocenters. The van der Waals surface area contributed by atoms with Gasteiger partial charge in [-0.05, 0) is 67.5 Å². The quantitative estimate of drug-likeness (QED) is 0.521. The van der Waals surface area contributed by atoms with Crippen molar-refractivity contribution in [1.82, 2.24) is 9.55 Å². The van der Waals surface area contributed by atoms with Crippen molar-refractivity contribution < 1.29 is 9.90 Å². The van der Waals surface area contributed by atoms with Gasteiger partial charge in [0.05, 0.1) is 5.69 Å². The van der Waals surface area contributed by atoms with E-state index in [0.717, 1.165) is 35.6 Å². The number of hydrogen-bond donors (Lipinski definition) is 2. The molecule has 0 aliphatic heterocycles. The maximum Gasteiger partial charge on any atom is 0.339 e. The molecule has 0 unspecified atom stereocenters. The zero-order valence-corrected chi connectivity index (χ0v) is 18.7. The lowest BCUT2D eigenvalue weighted by molar-refractivity contribution is 0.0697. The lowest BCUT2D eigenvalue weighted by Gasteiger charge is -2.20. The Kier molecular flexibility index (Phi) is 6.01. The van der Waals surface area contributed by atoms with Gasteiger partial charge in [0, 0.05) is 11.4 Å². The molecule has 30 heavy (non-hydrogen) atoms. The molecule has 5 heteroatoms. The third-order valence-electron chi connectivity index (χ3n) is 5.12. The first-order chi connectivity index (χ1) is 14.1. The van der Waals surface area contributed by atoms with Crippen LogP contribution < -0.4 is 5.32 Å². The van der Waals surface area contributed by atoms with E-state index in [2.05, 4.69) is 67.7 Å². The number of carboxylic acid groups (broad SMARTS) is 1. The molecule has 0 aliphatic rings. The first-order valence-corrected chi connectivity index (χ1v) is 10.4. The highest BCUT2D eigenvalue weighted by atomic mass is 16.4. The number of hydrogen-bond acceptors (Lipinski definition) is 3. The van der Waals surface area contributed by atoms with E-state index in [1.54, 1.807) is 12.1 Å². The predicted molar refractivity (Wildman–Crippen MR) is 122 cm³/mol. The molecule has 0 saturated carbocycles. The third-order valence-corrected chi connectivity index (χ3v) is 5.12. The van der Waals surface area contributed by atoms with Crippen LogP contribution in [0.1, 0.15) is 60.6 Å². The van der Waals surface area contributed by atoms with Crippen LogP contribution >= 0.6 is 0 Å². The van der Waals surface area contributed by atoms with Crippen molar-refractivity contribution in [2.75, 3.05) is 5.32 Å². The molecule has 2 N–H and O–H groups in total. The highest BCUT2D eigenvalue weighted by Gasteiger charge is 2.22. The van der Waals surface area contributed by atoms with E-state index in [9.17, 15) is 9.90 Å². The van der Waals surface area contributed by atoms with Crippen LogP contribution in [-0.2, 0) is 12.8 Å². The van der Waals surface area contributed by atoms with Crippen LogP contribution in [0.5, 0.6) is 0 Å². The summed E-state index contributed by atoms with van der Waals surface area (Å²) in [5, 5.41) is 13.0. The van der Waals surface area contributed by atoms with Gasteiger partial charge in [-0.15, -0.1) is 0 Å². The lowest BCUT2D eigenvalue weighted by atomic mass is 9.88. The van der Waals surface area contributed by atoms with Crippen LogP contribution in [0, 0.1) is 19.3 Å². The number of aryl methyl sites for hydroxylation is 2. The first-order valence-electron chi connectivity index (χ1n) is 10.4. The van der Waals surface area contributed by atoms with Crippen molar-refractivity contribution in [1.29, 1.82) is 0 Å². The average Bonchev–Trinajstić information content (AvgIpc) is 2.96. The molecule has 3 rings (SSSR count). The molecule has 0 aliphatic carbocycles. The highest BCUT2D eigenvalue weighted by molar-refractivity contribution is 5.94. The minimum absolute atomic E-state index is 0.132. The van der Waals surface area contributed by atoms with Crippen LogP contribution in [0.2, 0.25) is 0 Å². The van der Waals surface area contributed by atoms with Crippen molar-refractivity contribution in [3.63, 3.8) is 0 Å². The zero-order chi connectivity index (χ0) is 22.1. The number of carboxylic acids is 1. The zero-order valence-electron chi connectivity index (χ0n) is 18.7.